The largest absolute Gasteiger partial charge is 0.465 e. The second kappa shape index (κ2) is 22.8. The Kier molecular flexibility index (Phi) is 18.3. The molecule has 4 N–H and O–H groups in total. The highest BCUT2D eigenvalue weighted by atomic mass is 31.2. The van der Waals surface area contributed by atoms with Gasteiger partial charge in [-0.05, 0) is 31.7 Å². The number of esters is 2. The van der Waals surface area contributed by atoms with Crippen LogP contribution in [0.2, 0.25) is 0 Å². The molecule has 0 radical (unpaired) electrons. The molecule has 2 aromatic heterocycles. The molecular weight excluding hydrogens is 758 g/mol. The normalized spacial score (nSPS) is 20.1. The number of anilines is 1. The van der Waals surface area contributed by atoms with Gasteiger partial charge in [0.05, 0.1) is 19.5 Å². The number of aliphatic hydroxyl groups is 1. The zero-order valence-corrected chi connectivity index (χ0v) is 34.2. The van der Waals surface area contributed by atoms with E-state index in [-0.39, 0.29) is 43.0 Å². The monoisotopic (exact) mass is 816 g/mol. The van der Waals surface area contributed by atoms with Crippen LogP contribution in [0.25, 0.3) is 11.2 Å². The molecule has 0 saturated carbocycles. The number of aromatic nitrogens is 4. The summed E-state index contributed by atoms with van der Waals surface area (Å²) in [5.74, 6) is 0.721. The van der Waals surface area contributed by atoms with Gasteiger partial charge in [0.2, 0.25) is 0 Å². The van der Waals surface area contributed by atoms with Crippen LogP contribution >= 0.6 is 7.75 Å². The number of nitrogens with zero attached hydrogens (tertiary/aromatic N) is 4. The molecule has 0 amide bonds. The molecule has 3 heterocycles. The van der Waals surface area contributed by atoms with Crippen molar-refractivity contribution in [2.75, 3.05) is 25.6 Å². The first-order chi connectivity index (χ1) is 27.4. The number of unbranched alkanes of at least 4 members (excludes halogenated alkanes) is 10. The highest BCUT2D eigenvalue weighted by molar-refractivity contribution is 7.51. The van der Waals surface area contributed by atoms with Gasteiger partial charge >= 0.3 is 25.8 Å². The number of aliphatic hydroxyl groups excluding tert-OH is 1. The van der Waals surface area contributed by atoms with E-state index in [1.165, 1.54) is 17.8 Å². The SMILES string of the molecule is C#C[C@]1(CO[P@](=O)(N[C@@H](Cc2ccccc2)C(=O)OCCCCCCCC)O[C@@H](C)C(=O)OCCCCCCCC)O[C@@H](n2cnc3c(N)nc(F)nc32)C[C@@H]1O. The number of rotatable bonds is 26. The lowest BCUT2D eigenvalue weighted by atomic mass is 9.99. The van der Waals surface area contributed by atoms with Crippen molar-refractivity contribution in [3.05, 3.63) is 48.3 Å². The molecule has 1 aliphatic rings. The Bertz CT molecular complexity index is 1810. The van der Waals surface area contributed by atoms with Crippen molar-refractivity contribution in [3.63, 3.8) is 0 Å². The Morgan fingerprint density at radius 3 is 2.28 bits per heavy atom. The van der Waals surface area contributed by atoms with Crippen molar-refractivity contribution in [2.24, 2.45) is 0 Å². The average molecular weight is 817 g/mol. The van der Waals surface area contributed by atoms with Gasteiger partial charge in [0.15, 0.2) is 28.7 Å². The van der Waals surface area contributed by atoms with Gasteiger partial charge in [-0.1, -0.05) is 114 Å². The van der Waals surface area contributed by atoms with Gasteiger partial charge in [0.25, 0.3) is 0 Å². The van der Waals surface area contributed by atoms with Gasteiger partial charge in [-0.2, -0.15) is 14.4 Å². The summed E-state index contributed by atoms with van der Waals surface area (Å²) in [6.07, 6.45) is 14.0. The molecule has 57 heavy (non-hydrogen) atoms. The van der Waals surface area contributed by atoms with Crippen LogP contribution in [0.3, 0.4) is 0 Å². The van der Waals surface area contributed by atoms with Crippen molar-refractivity contribution in [1.82, 2.24) is 24.6 Å². The van der Waals surface area contributed by atoms with E-state index in [4.69, 9.17) is 35.4 Å². The molecule has 17 heteroatoms. The highest BCUT2D eigenvalue weighted by Gasteiger charge is 2.50. The molecule has 314 valence electrons. The Balaban J connectivity index is 1.54. The molecule has 0 bridgehead atoms. The number of imidazole rings is 1. The zero-order valence-electron chi connectivity index (χ0n) is 33.3. The van der Waals surface area contributed by atoms with Gasteiger partial charge in [-0.15, -0.1) is 6.42 Å². The van der Waals surface area contributed by atoms with E-state index in [2.05, 4.69) is 39.8 Å². The van der Waals surface area contributed by atoms with E-state index in [1.807, 2.05) is 6.07 Å². The molecule has 0 unspecified atom stereocenters. The Morgan fingerprint density at radius 2 is 1.65 bits per heavy atom. The second-order valence-corrected chi connectivity index (χ2v) is 16.0. The summed E-state index contributed by atoms with van der Waals surface area (Å²) < 4.78 is 59.2. The standard InChI is InChI=1S/C40H58FN6O9P/c1-5-8-10-12-14-19-23-52-37(49)29(4)56-57(51,46-31(25-30-21-17-16-18-22-30)38(50)53-24-20-15-13-11-9-6-2)54-27-40(7-3)32(48)26-33(55-40)47-28-43-34-35(42)44-39(41)45-36(34)47/h3,16-18,21-22,28-29,31-33,48H,5-6,8-15,19-20,23-27H2,1-2,4H3,(H,46,51)(H2,42,44,45)/t29-,31-,32-,33+,40+,57+/m0/s1. The fraction of sp³-hybridized carbons (Fsp3) is 0.625. The van der Waals surface area contributed by atoms with Gasteiger partial charge < -0.3 is 25.1 Å². The van der Waals surface area contributed by atoms with Crippen LogP contribution in [0.5, 0.6) is 0 Å². The zero-order chi connectivity index (χ0) is 41.3. The van der Waals surface area contributed by atoms with Crippen LogP contribution in [0.15, 0.2) is 36.7 Å². The van der Waals surface area contributed by atoms with E-state index in [1.54, 1.807) is 24.3 Å². The van der Waals surface area contributed by atoms with Gasteiger partial charge in [-0.3, -0.25) is 18.4 Å². The van der Waals surface area contributed by atoms with Crippen LogP contribution in [0.4, 0.5) is 10.2 Å². The van der Waals surface area contributed by atoms with E-state index >= 15 is 0 Å². The van der Waals surface area contributed by atoms with Crippen LogP contribution in [-0.4, -0.2) is 80.2 Å². The number of nitrogen functional groups attached to an aromatic ring is 1. The summed E-state index contributed by atoms with van der Waals surface area (Å²) in [4.78, 5) is 38.2. The number of ether oxygens (including phenoxy) is 3. The molecule has 1 fully saturated rings. The summed E-state index contributed by atoms with van der Waals surface area (Å²) in [7, 11) is -4.70. The number of hydrogen-bond donors (Lipinski definition) is 3. The molecule has 6 atom stereocenters. The lowest BCUT2D eigenvalue weighted by molar-refractivity contribution is -0.152. The number of halogens is 1. The third-order valence-corrected chi connectivity index (χ3v) is 11.4. The number of nitrogens with one attached hydrogen (secondary N) is 1. The van der Waals surface area contributed by atoms with E-state index < -0.39 is 62.4 Å². The fourth-order valence-corrected chi connectivity index (χ4v) is 8.06. The van der Waals surface area contributed by atoms with Crippen molar-refractivity contribution < 1.29 is 46.9 Å². The smallest absolute Gasteiger partial charge is 0.407 e. The molecule has 0 spiro atoms. The van der Waals surface area contributed by atoms with Gasteiger partial charge in [0, 0.05) is 6.42 Å². The maximum atomic E-state index is 14.8. The number of carbonyl (C=O) groups excluding carboxylic acids is 2. The molecule has 1 aromatic carbocycles. The molecule has 4 rings (SSSR count). The van der Waals surface area contributed by atoms with Crippen LogP contribution in [0, 0.1) is 18.4 Å². The van der Waals surface area contributed by atoms with Crippen molar-refractivity contribution in [2.45, 2.75) is 141 Å². The van der Waals surface area contributed by atoms with E-state index in [0.717, 1.165) is 69.8 Å². The predicted molar refractivity (Wildman–Crippen MR) is 212 cm³/mol. The third-order valence-electron chi connectivity index (χ3n) is 9.73. The van der Waals surface area contributed by atoms with Gasteiger partial charge in [0.1, 0.15) is 25.0 Å². The summed E-state index contributed by atoms with van der Waals surface area (Å²) in [6, 6.07) is 7.75. The molecule has 3 aromatic rings. The number of carbonyl (C=O) groups is 2. The summed E-state index contributed by atoms with van der Waals surface area (Å²) in [5, 5.41) is 14.0. The number of fused-ring (bicyclic) bond motifs is 1. The number of nitrogens with two attached hydrogens (primary N) is 1. The third kappa shape index (κ3) is 13.6. The number of terminal acetylenes is 1. The Hall–Kier alpha value is -3.97. The topological polar surface area (TPSA) is 199 Å². The molecule has 1 saturated heterocycles. The molecule has 15 nitrogen and oxygen atoms in total. The molecule has 1 aliphatic heterocycles. The van der Waals surface area contributed by atoms with Crippen LogP contribution in [-0.2, 0) is 43.8 Å². The maximum absolute atomic E-state index is 14.8. The molecule has 0 aliphatic carbocycles. The van der Waals surface area contributed by atoms with Crippen molar-refractivity contribution in [3.8, 4) is 12.3 Å². The van der Waals surface area contributed by atoms with Crippen molar-refractivity contribution in [1.29, 1.82) is 0 Å². The summed E-state index contributed by atoms with van der Waals surface area (Å²) >= 11 is 0. The first-order valence-corrected chi connectivity index (χ1v) is 21.6. The van der Waals surface area contributed by atoms with Crippen molar-refractivity contribution >= 4 is 36.7 Å². The lowest BCUT2D eigenvalue weighted by Crippen LogP contribution is -2.44. The van der Waals surface area contributed by atoms with E-state index in [9.17, 15) is 23.7 Å². The summed E-state index contributed by atoms with van der Waals surface area (Å²) in [6.45, 7) is 5.19. The van der Waals surface area contributed by atoms with E-state index in [0.29, 0.717) is 12.8 Å². The number of benzene rings is 1. The highest BCUT2D eigenvalue weighted by Crippen LogP contribution is 2.49. The van der Waals surface area contributed by atoms with Crippen LogP contribution < -0.4 is 10.8 Å². The summed E-state index contributed by atoms with van der Waals surface area (Å²) in [5.41, 5.74) is 4.71. The fourth-order valence-electron chi connectivity index (χ4n) is 6.43. The quantitative estimate of drug-likeness (QED) is 0.0253. The van der Waals surface area contributed by atoms with Crippen LogP contribution in [0.1, 0.15) is 116 Å². The minimum absolute atomic E-state index is 0.00173. The molecular formula is C40H58FN6O9P. The minimum Gasteiger partial charge on any atom is -0.465 e. The lowest BCUT2D eigenvalue weighted by Gasteiger charge is -2.31. The second-order valence-electron chi connectivity index (χ2n) is 14.3. The average Bonchev–Trinajstić information content (AvgIpc) is 3.77. The number of hydrogen-bond acceptors (Lipinski definition) is 13. The van der Waals surface area contributed by atoms with Gasteiger partial charge in [-0.25, -0.2) is 19.4 Å². The first-order valence-electron chi connectivity index (χ1n) is 20.0. The predicted octanol–water partition coefficient (Wildman–Crippen LogP) is 6.74. The minimum atomic E-state index is -4.70. The Morgan fingerprint density at radius 1 is 1.04 bits per heavy atom. The Labute approximate surface area is 334 Å². The maximum Gasteiger partial charge on any atom is 0.407 e. The first kappa shape index (κ1) is 45.7.